The molecule has 92 valence electrons. The minimum atomic E-state index is -0.173. The van der Waals surface area contributed by atoms with E-state index in [1.165, 1.54) is 6.07 Å². The average molecular weight is 247 g/mol. The van der Waals surface area contributed by atoms with Gasteiger partial charge in [0.25, 0.3) is 0 Å². The van der Waals surface area contributed by atoms with E-state index < -0.39 is 0 Å². The molecule has 0 aromatic heterocycles. The molecule has 0 unspecified atom stereocenters. The van der Waals surface area contributed by atoms with Crippen LogP contribution in [0, 0.1) is 12.7 Å². The van der Waals surface area contributed by atoms with E-state index in [0.29, 0.717) is 12.1 Å². The molecule has 0 heterocycles. The molecule has 2 nitrogen and oxygen atoms in total. The molecule has 0 aliphatic heterocycles. The maximum absolute atomic E-state index is 13.0. The SMILES string of the molecule is Cc1cc([C@H](N)CCCCN)ccc1F.Cl. The largest absolute Gasteiger partial charge is 0.330 e. The lowest BCUT2D eigenvalue weighted by Gasteiger charge is -2.12. The van der Waals surface area contributed by atoms with Crippen LogP contribution in [0.15, 0.2) is 18.2 Å². The number of unbranched alkanes of at least 4 members (excludes halogenated alkanes) is 1. The van der Waals surface area contributed by atoms with Crippen LogP contribution >= 0.6 is 12.4 Å². The fourth-order valence-corrected chi connectivity index (χ4v) is 1.57. The van der Waals surface area contributed by atoms with Crippen LogP contribution in [0.5, 0.6) is 0 Å². The van der Waals surface area contributed by atoms with E-state index >= 15 is 0 Å². The van der Waals surface area contributed by atoms with Crippen LogP contribution in [0.4, 0.5) is 4.39 Å². The van der Waals surface area contributed by atoms with Gasteiger partial charge < -0.3 is 11.5 Å². The van der Waals surface area contributed by atoms with Crippen molar-refractivity contribution in [1.82, 2.24) is 0 Å². The summed E-state index contributed by atoms with van der Waals surface area (Å²) >= 11 is 0. The zero-order valence-electron chi connectivity index (χ0n) is 9.58. The Hall–Kier alpha value is -0.640. The van der Waals surface area contributed by atoms with Crippen molar-refractivity contribution in [2.45, 2.75) is 32.2 Å². The molecule has 0 radical (unpaired) electrons. The zero-order valence-corrected chi connectivity index (χ0v) is 10.4. The van der Waals surface area contributed by atoms with Gasteiger partial charge in [-0.3, -0.25) is 0 Å². The summed E-state index contributed by atoms with van der Waals surface area (Å²) in [6, 6.07) is 5.06. The highest BCUT2D eigenvalue weighted by molar-refractivity contribution is 5.85. The Morgan fingerprint density at radius 1 is 1.31 bits per heavy atom. The Morgan fingerprint density at radius 3 is 2.56 bits per heavy atom. The normalized spacial score (nSPS) is 12.0. The molecular weight excluding hydrogens is 227 g/mol. The molecule has 0 bridgehead atoms. The highest BCUT2D eigenvalue weighted by atomic mass is 35.5. The standard InChI is InChI=1S/C12H19FN2.ClH/c1-9-8-10(5-6-11(9)13)12(15)4-2-3-7-14;/h5-6,8,12H,2-4,7,14-15H2,1H3;1H/t12-;/m1./s1. The van der Waals surface area contributed by atoms with E-state index in [1.54, 1.807) is 13.0 Å². The molecule has 0 saturated carbocycles. The molecule has 0 fully saturated rings. The Morgan fingerprint density at radius 2 is 2.00 bits per heavy atom. The van der Waals surface area contributed by atoms with Gasteiger partial charge in [0.05, 0.1) is 0 Å². The second-order valence-corrected chi connectivity index (χ2v) is 3.90. The van der Waals surface area contributed by atoms with Crippen LogP contribution in [0.2, 0.25) is 0 Å². The smallest absolute Gasteiger partial charge is 0.126 e. The molecule has 0 aliphatic carbocycles. The Kier molecular flexibility index (Phi) is 7.30. The number of hydrogen-bond acceptors (Lipinski definition) is 2. The minimum absolute atomic E-state index is 0. The molecule has 1 aromatic carbocycles. The highest BCUT2D eigenvalue weighted by Gasteiger charge is 2.07. The number of halogens is 2. The van der Waals surface area contributed by atoms with Gasteiger partial charge in [-0.25, -0.2) is 4.39 Å². The lowest BCUT2D eigenvalue weighted by Crippen LogP contribution is -2.11. The van der Waals surface area contributed by atoms with Crippen molar-refractivity contribution in [3.05, 3.63) is 35.1 Å². The van der Waals surface area contributed by atoms with Gasteiger partial charge in [-0.1, -0.05) is 18.6 Å². The molecule has 1 rings (SSSR count). The maximum atomic E-state index is 13.0. The summed E-state index contributed by atoms with van der Waals surface area (Å²) in [4.78, 5) is 0. The molecular formula is C12H20ClFN2. The average Bonchev–Trinajstić information content (AvgIpc) is 2.22. The highest BCUT2D eigenvalue weighted by Crippen LogP contribution is 2.19. The van der Waals surface area contributed by atoms with Gasteiger partial charge >= 0.3 is 0 Å². The maximum Gasteiger partial charge on any atom is 0.126 e. The molecule has 1 atom stereocenters. The van der Waals surface area contributed by atoms with E-state index in [4.69, 9.17) is 11.5 Å². The first-order valence-electron chi connectivity index (χ1n) is 5.37. The minimum Gasteiger partial charge on any atom is -0.330 e. The fraction of sp³-hybridized carbons (Fsp3) is 0.500. The second kappa shape index (κ2) is 7.60. The van der Waals surface area contributed by atoms with Crippen molar-refractivity contribution in [3.8, 4) is 0 Å². The quantitative estimate of drug-likeness (QED) is 0.785. The number of rotatable bonds is 5. The number of hydrogen-bond donors (Lipinski definition) is 2. The lowest BCUT2D eigenvalue weighted by molar-refractivity contribution is 0.584. The van der Waals surface area contributed by atoms with E-state index in [2.05, 4.69) is 0 Å². The van der Waals surface area contributed by atoms with Gasteiger partial charge in [0.1, 0.15) is 5.82 Å². The molecule has 4 N–H and O–H groups in total. The Balaban J connectivity index is 0.00000225. The van der Waals surface area contributed by atoms with E-state index in [-0.39, 0.29) is 24.3 Å². The first-order valence-corrected chi connectivity index (χ1v) is 5.37. The van der Waals surface area contributed by atoms with Gasteiger partial charge in [0.2, 0.25) is 0 Å². The first-order chi connectivity index (χ1) is 7.15. The van der Waals surface area contributed by atoms with Crippen molar-refractivity contribution >= 4 is 12.4 Å². The van der Waals surface area contributed by atoms with Gasteiger partial charge in [-0.2, -0.15) is 0 Å². The van der Waals surface area contributed by atoms with Crippen LogP contribution < -0.4 is 11.5 Å². The summed E-state index contributed by atoms with van der Waals surface area (Å²) in [7, 11) is 0. The molecule has 1 aromatic rings. The van der Waals surface area contributed by atoms with Gasteiger partial charge in [-0.15, -0.1) is 12.4 Å². The molecule has 0 saturated heterocycles. The first kappa shape index (κ1) is 15.4. The fourth-order valence-electron chi connectivity index (χ4n) is 1.57. The van der Waals surface area contributed by atoms with Gasteiger partial charge in [-0.05, 0) is 43.5 Å². The number of aryl methyl sites for hydroxylation is 1. The predicted molar refractivity (Wildman–Crippen MR) is 68.2 cm³/mol. The van der Waals surface area contributed by atoms with Crippen LogP contribution in [-0.4, -0.2) is 6.54 Å². The summed E-state index contributed by atoms with van der Waals surface area (Å²) in [6.45, 7) is 2.46. The summed E-state index contributed by atoms with van der Waals surface area (Å²) in [5.74, 6) is -0.173. The zero-order chi connectivity index (χ0) is 11.3. The molecule has 0 aliphatic rings. The van der Waals surface area contributed by atoms with Gasteiger partial charge in [0, 0.05) is 6.04 Å². The van der Waals surface area contributed by atoms with Crippen LogP contribution in [0.1, 0.15) is 36.4 Å². The van der Waals surface area contributed by atoms with E-state index in [1.807, 2.05) is 6.07 Å². The molecule has 0 spiro atoms. The summed E-state index contributed by atoms with van der Waals surface area (Å²) < 4.78 is 13.0. The second-order valence-electron chi connectivity index (χ2n) is 3.90. The topological polar surface area (TPSA) is 52.0 Å². The number of benzene rings is 1. The van der Waals surface area contributed by atoms with Crippen molar-refractivity contribution in [2.75, 3.05) is 6.54 Å². The Bertz CT molecular complexity index is 318. The van der Waals surface area contributed by atoms with Crippen molar-refractivity contribution in [3.63, 3.8) is 0 Å². The molecule has 4 heteroatoms. The Labute approximate surface area is 103 Å². The van der Waals surface area contributed by atoms with E-state index in [0.717, 1.165) is 24.8 Å². The van der Waals surface area contributed by atoms with E-state index in [9.17, 15) is 4.39 Å². The molecule has 0 amide bonds. The lowest BCUT2D eigenvalue weighted by atomic mass is 10.00. The van der Waals surface area contributed by atoms with Crippen molar-refractivity contribution < 1.29 is 4.39 Å². The molecule has 16 heavy (non-hydrogen) atoms. The van der Waals surface area contributed by atoms with Crippen LogP contribution in [0.3, 0.4) is 0 Å². The summed E-state index contributed by atoms with van der Waals surface area (Å²) in [6.07, 6.45) is 2.92. The predicted octanol–water partition coefficient (Wildman–Crippen LogP) is 2.68. The van der Waals surface area contributed by atoms with Gasteiger partial charge in [0.15, 0.2) is 0 Å². The van der Waals surface area contributed by atoms with Crippen molar-refractivity contribution in [1.29, 1.82) is 0 Å². The third kappa shape index (κ3) is 4.47. The monoisotopic (exact) mass is 246 g/mol. The van der Waals surface area contributed by atoms with Crippen LogP contribution in [0.25, 0.3) is 0 Å². The third-order valence-corrected chi connectivity index (χ3v) is 2.58. The van der Waals surface area contributed by atoms with Crippen molar-refractivity contribution in [2.24, 2.45) is 11.5 Å². The third-order valence-electron chi connectivity index (χ3n) is 2.58. The van der Waals surface area contributed by atoms with Crippen LogP contribution in [-0.2, 0) is 0 Å². The summed E-state index contributed by atoms with van der Waals surface area (Å²) in [5, 5.41) is 0. The number of nitrogens with two attached hydrogens (primary N) is 2. The summed E-state index contributed by atoms with van der Waals surface area (Å²) in [5.41, 5.74) is 13.1.